The van der Waals surface area contributed by atoms with Crippen LogP contribution < -0.4 is 11.1 Å². The molecule has 1 aliphatic heterocycles. The maximum Gasteiger partial charge on any atom is 0.234 e. The second-order valence-corrected chi connectivity index (χ2v) is 4.39. The van der Waals surface area contributed by atoms with Crippen molar-refractivity contribution in [1.29, 1.82) is 0 Å². The van der Waals surface area contributed by atoms with Crippen LogP contribution in [-0.2, 0) is 4.79 Å². The maximum atomic E-state index is 11.4. The topological polar surface area (TPSA) is 58.4 Å². The highest BCUT2D eigenvalue weighted by atomic mass is 16.2. The Morgan fingerprint density at radius 3 is 3.00 bits per heavy atom. The van der Waals surface area contributed by atoms with Crippen molar-refractivity contribution in [2.24, 2.45) is 11.7 Å². The van der Waals surface area contributed by atoms with Crippen molar-refractivity contribution in [1.82, 2.24) is 10.2 Å². The number of nitrogens with one attached hydrogen (secondary N) is 1. The van der Waals surface area contributed by atoms with E-state index in [1.165, 1.54) is 0 Å². The fourth-order valence-electron chi connectivity index (χ4n) is 2.09. The van der Waals surface area contributed by atoms with Gasteiger partial charge in [-0.05, 0) is 12.3 Å². The molecular weight excluding hydrogens is 190 g/mol. The zero-order valence-electron chi connectivity index (χ0n) is 9.41. The van der Waals surface area contributed by atoms with Crippen LogP contribution in [-0.4, -0.2) is 43.0 Å². The number of piperidine rings is 1. The van der Waals surface area contributed by atoms with Crippen LogP contribution in [0, 0.1) is 5.92 Å². The molecule has 15 heavy (non-hydrogen) atoms. The first kappa shape index (κ1) is 12.2. The summed E-state index contributed by atoms with van der Waals surface area (Å²) >= 11 is 0. The Balaban J connectivity index is 2.30. The van der Waals surface area contributed by atoms with Crippen molar-refractivity contribution < 1.29 is 4.79 Å². The number of carbonyl (C=O) groups is 1. The first-order chi connectivity index (χ1) is 7.11. The normalized spacial score (nSPS) is 27.3. The highest BCUT2D eigenvalue weighted by Gasteiger charge is 2.23. The number of rotatable bonds is 4. The standard InChI is InChI=1S/C11H21N3O/c1-3-4-13-11(15)8-14-6-9(2)5-10(12)7-14/h3,9-10H,1,4-8,12H2,2H3,(H,13,15). The quantitative estimate of drug-likeness (QED) is 0.641. The second-order valence-electron chi connectivity index (χ2n) is 4.39. The van der Waals surface area contributed by atoms with Crippen LogP contribution in [0.25, 0.3) is 0 Å². The molecule has 2 unspecified atom stereocenters. The van der Waals surface area contributed by atoms with Gasteiger partial charge in [-0.3, -0.25) is 9.69 Å². The highest BCUT2D eigenvalue weighted by molar-refractivity contribution is 5.78. The van der Waals surface area contributed by atoms with E-state index in [4.69, 9.17) is 5.73 Å². The van der Waals surface area contributed by atoms with Crippen LogP contribution in [0.4, 0.5) is 0 Å². The molecule has 1 heterocycles. The molecule has 0 spiro atoms. The molecular formula is C11H21N3O. The van der Waals surface area contributed by atoms with Gasteiger partial charge in [0.1, 0.15) is 0 Å². The lowest BCUT2D eigenvalue weighted by atomic mass is 9.97. The van der Waals surface area contributed by atoms with Crippen LogP contribution in [0.3, 0.4) is 0 Å². The molecule has 2 atom stereocenters. The molecule has 1 rings (SSSR count). The number of nitrogens with zero attached hydrogens (tertiary/aromatic N) is 1. The molecule has 1 fully saturated rings. The Morgan fingerprint density at radius 1 is 1.67 bits per heavy atom. The van der Waals surface area contributed by atoms with Crippen molar-refractivity contribution in [3.63, 3.8) is 0 Å². The summed E-state index contributed by atoms with van der Waals surface area (Å²) in [5.41, 5.74) is 5.90. The third kappa shape index (κ3) is 4.44. The summed E-state index contributed by atoms with van der Waals surface area (Å²) in [5.74, 6) is 0.636. The van der Waals surface area contributed by atoms with Gasteiger partial charge in [0.15, 0.2) is 0 Å². The largest absolute Gasteiger partial charge is 0.352 e. The number of nitrogens with two attached hydrogens (primary N) is 1. The molecule has 1 aliphatic rings. The van der Waals surface area contributed by atoms with Gasteiger partial charge in [0.2, 0.25) is 5.91 Å². The Hall–Kier alpha value is -0.870. The monoisotopic (exact) mass is 211 g/mol. The minimum Gasteiger partial charge on any atom is -0.352 e. The zero-order valence-corrected chi connectivity index (χ0v) is 9.41. The fourth-order valence-corrected chi connectivity index (χ4v) is 2.09. The van der Waals surface area contributed by atoms with Crippen molar-refractivity contribution in [2.75, 3.05) is 26.2 Å². The molecule has 3 N–H and O–H groups in total. The van der Waals surface area contributed by atoms with E-state index in [2.05, 4.69) is 23.7 Å². The lowest BCUT2D eigenvalue weighted by molar-refractivity contribution is -0.122. The number of likely N-dealkylation sites (tertiary alicyclic amines) is 1. The summed E-state index contributed by atoms with van der Waals surface area (Å²) in [4.78, 5) is 13.6. The van der Waals surface area contributed by atoms with Gasteiger partial charge in [0.25, 0.3) is 0 Å². The van der Waals surface area contributed by atoms with Crippen molar-refractivity contribution in [2.45, 2.75) is 19.4 Å². The van der Waals surface area contributed by atoms with E-state index in [1.54, 1.807) is 6.08 Å². The SMILES string of the molecule is C=CCNC(=O)CN1CC(C)CC(N)C1. The molecule has 0 aliphatic carbocycles. The Morgan fingerprint density at radius 2 is 2.40 bits per heavy atom. The van der Waals surface area contributed by atoms with Crippen LogP contribution in [0.1, 0.15) is 13.3 Å². The van der Waals surface area contributed by atoms with Gasteiger partial charge < -0.3 is 11.1 Å². The van der Waals surface area contributed by atoms with E-state index in [9.17, 15) is 4.79 Å². The molecule has 1 amide bonds. The molecule has 0 aromatic carbocycles. The second kappa shape index (κ2) is 5.88. The highest BCUT2D eigenvalue weighted by Crippen LogP contribution is 2.14. The molecule has 0 aromatic rings. The zero-order chi connectivity index (χ0) is 11.3. The Labute approximate surface area is 91.5 Å². The van der Waals surface area contributed by atoms with Crippen molar-refractivity contribution in [3.8, 4) is 0 Å². The average Bonchev–Trinajstić information content (AvgIpc) is 2.13. The summed E-state index contributed by atoms with van der Waals surface area (Å²) in [6, 6.07) is 0.209. The van der Waals surface area contributed by atoms with Gasteiger partial charge in [-0.2, -0.15) is 0 Å². The Bertz CT molecular complexity index is 220. The average molecular weight is 211 g/mol. The molecule has 4 nitrogen and oxygen atoms in total. The van der Waals surface area contributed by atoms with Gasteiger partial charge in [-0.25, -0.2) is 0 Å². The van der Waals surface area contributed by atoms with E-state index >= 15 is 0 Å². The van der Waals surface area contributed by atoms with Crippen LogP contribution in [0.15, 0.2) is 12.7 Å². The first-order valence-corrected chi connectivity index (χ1v) is 5.47. The molecule has 1 saturated heterocycles. The molecule has 4 heteroatoms. The minimum absolute atomic E-state index is 0.0520. The van der Waals surface area contributed by atoms with E-state index < -0.39 is 0 Å². The van der Waals surface area contributed by atoms with Gasteiger partial charge in [0.05, 0.1) is 6.54 Å². The van der Waals surface area contributed by atoms with E-state index in [-0.39, 0.29) is 11.9 Å². The third-order valence-electron chi connectivity index (χ3n) is 2.58. The van der Waals surface area contributed by atoms with Gasteiger partial charge in [0, 0.05) is 25.7 Å². The van der Waals surface area contributed by atoms with E-state index in [0.717, 1.165) is 19.5 Å². The molecule has 0 saturated carbocycles. The van der Waals surface area contributed by atoms with Crippen LogP contribution in [0.2, 0.25) is 0 Å². The Kier molecular flexibility index (Phi) is 4.78. The van der Waals surface area contributed by atoms with Gasteiger partial charge in [-0.15, -0.1) is 6.58 Å². The number of amides is 1. The molecule has 0 aromatic heterocycles. The summed E-state index contributed by atoms with van der Waals surface area (Å²) in [6.45, 7) is 8.51. The van der Waals surface area contributed by atoms with Crippen LogP contribution in [0.5, 0.6) is 0 Å². The fraction of sp³-hybridized carbons (Fsp3) is 0.727. The summed E-state index contributed by atoms with van der Waals surface area (Å²) in [5, 5.41) is 2.77. The molecule has 0 radical (unpaired) electrons. The number of carbonyl (C=O) groups excluding carboxylic acids is 1. The van der Waals surface area contributed by atoms with Crippen molar-refractivity contribution in [3.05, 3.63) is 12.7 Å². The van der Waals surface area contributed by atoms with Crippen LogP contribution >= 0.6 is 0 Å². The summed E-state index contributed by atoms with van der Waals surface area (Å²) < 4.78 is 0. The third-order valence-corrected chi connectivity index (χ3v) is 2.58. The summed E-state index contributed by atoms with van der Waals surface area (Å²) in [7, 11) is 0. The van der Waals surface area contributed by atoms with Gasteiger partial charge in [-0.1, -0.05) is 13.0 Å². The number of hydrogen-bond donors (Lipinski definition) is 2. The molecule has 86 valence electrons. The lowest BCUT2D eigenvalue weighted by Gasteiger charge is -2.34. The maximum absolute atomic E-state index is 11.4. The molecule has 0 bridgehead atoms. The predicted molar refractivity (Wildman–Crippen MR) is 61.4 cm³/mol. The van der Waals surface area contributed by atoms with Crippen molar-refractivity contribution >= 4 is 5.91 Å². The van der Waals surface area contributed by atoms with E-state index in [0.29, 0.717) is 19.0 Å². The summed E-state index contributed by atoms with van der Waals surface area (Å²) in [6.07, 6.45) is 2.74. The predicted octanol–water partition coefficient (Wildman–Crippen LogP) is -0.0423. The van der Waals surface area contributed by atoms with Gasteiger partial charge >= 0.3 is 0 Å². The minimum atomic E-state index is 0.0520. The first-order valence-electron chi connectivity index (χ1n) is 5.47. The smallest absolute Gasteiger partial charge is 0.234 e. The lowest BCUT2D eigenvalue weighted by Crippen LogP contribution is -2.49. The number of hydrogen-bond acceptors (Lipinski definition) is 3. The van der Waals surface area contributed by atoms with E-state index in [1.807, 2.05) is 0 Å².